The van der Waals surface area contributed by atoms with Crippen molar-refractivity contribution in [1.82, 2.24) is 19.5 Å². The third-order valence-corrected chi connectivity index (χ3v) is 13.3. The molecule has 67 heavy (non-hydrogen) atoms. The van der Waals surface area contributed by atoms with Crippen LogP contribution in [-0.4, -0.2) is 19.5 Å². The molecule has 0 atom stereocenters. The van der Waals surface area contributed by atoms with Crippen molar-refractivity contribution in [3.63, 3.8) is 0 Å². The summed E-state index contributed by atoms with van der Waals surface area (Å²) in [5.41, 5.74) is 13.2. The minimum absolute atomic E-state index is 0.620. The molecule has 4 nitrogen and oxygen atoms in total. The molecule has 0 amide bonds. The largest absolute Gasteiger partial charge is 0.309 e. The van der Waals surface area contributed by atoms with Crippen LogP contribution in [0, 0.1) is 0 Å². The first-order chi connectivity index (χ1) is 33.2. The maximum Gasteiger partial charge on any atom is 0.164 e. The fourth-order valence-electron chi connectivity index (χ4n) is 9.94. The van der Waals surface area contributed by atoms with Crippen LogP contribution < -0.4 is 0 Å². The molecule has 0 saturated heterocycles. The fraction of sp³-hybridized carbons (Fsp3) is 0. The van der Waals surface area contributed by atoms with E-state index in [4.69, 9.17) is 15.0 Å². The molecule has 11 aromatic carbocycles. The summed E-state index contributed by atoms with van der Waals surface area (Å²) in [5, 5.41) is 9.90. The van der Waals surface area contributed by atoms with Gasteiger partial charge >= 0.3 is 0 Å². The Balaban J connectivity index is 0.908. The first-order valence-electron chi connectivity index (χ1n) is 22.8. The average Bonchev–Trinajstić information content (AvgIpc) is 3.74. The van der Waals surface area contributed by atoms with Gasteiger partial charge in [0, 0.05) is 33.2 Å². The Morgan fingerprint density at radius 1 is 0.239 bits per heavy atom. The number of nitrogens with zero attached hydrogens (tertiary/aromatic N) is 4. The van der Waals surface area contributed by atoms with Crippen molar-refractivity contribution < 1.29 is 0 Å². The van der Waals surface area contributed by atoms with Gasteiger partial charge < -0.3 is 4.57 Å². The maximum atomic E-state index is 5.19. The Hall–Kier alpha value is -8.99. The van der Waals surface area contributed by atoms with Crippen molar-refractivity contribution in [2.45, 2.75) is 0 Å². The number of para-hydroxylation sites is 2. The average molecular weight is 853 g/mol. The summed E-state index contributed by atoms with van der Waals surface area (Å²) in [6, 6.07) is 86.5. The van der Waals surface area contributed by atoms with Gasteiger partial charge in [-0.2, -0.15) is 0 Å². The Kier molecular flexibility index (Phi) is 9.14. The summed E-state index contributed by atoms with van der Waals surface area (Å²) < 4.78 is 2.36. The van der Waals surface area contributed by atoms with Gasteiger partial charge in [0.15, 0.2) is 17.5 Å². The van der Waals surface area contributed by atoms with Gasteiger partial charge in [-0.25, -0.2) is 15.0 Å². The molecule has 0 fully saturated rings. The normalized spacial score (nSPS) is 11.6. The van der Waals surface area contributed by atoms with Crippen LogP contribution in [0.4, 0.5) is 0 Å². The molecule has 0 aliphatic carbocycles. The van der Waals surface area contributed by atoms with Crippen LogP contribution in [0.25, 0.3) is 127 Å². The number of aromatic nitrogens is 4. The molecule has 0 radical (unpaired) electrons. The Bertz CT molecular complexity index is 3990. The van der Waals surface area contributed by atoms with Crippen molar-refractivity contribution >= 4 is 54.1 Å². The molecule has 0 aliphatic heterocycles. The molecule has 0 aliphatic rings. The highest BCUT2D eigenvalue weighted by Gasteiger charge is 2.17. The van der Waals surface area contributed by atoms with E-state index >= 15 is 0 Å². The highest BCUT2D eigenvalue weighted by molar-refractivity contribution is 6.20. The van der Waals surface area contributed by atoms with Gasteiger partial charge in [0.1, 0.15) is 0 Å². The van der Waals surface area contributed by atoms with Crippen LogP contribution in [0.2, 0.25) is 0 Å². The molecule has 13 rings (SSSR count). The molecule has 312 valence electrons. The second kappa shape index (κ2) is 15.9. The number of hydrogen-bond donors (Lipinski definition) is 0. The zero-order valence-electron chi connectivity index (χ0n) is 36.4. The van der Waals surface area contributed by atoms with Gasteiger partial charge in [-0.3, -0.25) is 0 Å². The van der Waals surface area contributed by atoms with E-state index in [1.165, 1.54) is 65.3 Å². The quantitative estimate of drug-likeness (QED) is 0.118. The number of fused-ring (bicyclic) bond motifs is 7. The molecular formula is C63H40N4. The molecule has 0 unspecified atom stereocenters. The van der Waals surface area contributed by atoms with Crippen LogP contribution >= 0.6 is 0 Å². The van der Waals surface area contributed by atoms with Crippen molar-refractivity contribution in [2.24, 2.45) is 0 Å². The van der Waals surface area contributed by atoms with Crippen LogP contribution in [-0.2, 0) is 0 Å². The van der Waals surface area contributed by atoms with Gasteiger partial charge in [0.2, 0.25) is 0 Å². The zero-order valence-corrected chi connectivity index (χ0v) is 36.4. The fourth-order valence-corrected chi connectivity index (χ4v) is 9.94. The lowest BCUT2D eigenvalue weighted by molar-refractivity contribution is 1.07. The number of benzene rings is 11. The van der Waals surface area contributed by atoms with Crippen molar-refractivity contribution in [2.75, 3.05) is 0 Å². The Morgan fingerprint density at radius 2 is 0.687 bits per heavy atom. The van der Waals surface area contributed by atoms with Gasteiger partial charge in [-0.15, -0.1) is 0 Å². The first-order valence-corrected chi connectivity index (χ1v) is 22.8. The predicted molar refractivity (Wildman–Crippen MR) is 279 cm³/mol. The van der Waals surface area contributed by atoms with Crippen LogP contribution in [0.5, 0.6) is 0 Å². The molecule has 0 N–H and O–H groups in total. The number of hydrogen-bond acceptors (Lipinski definition) is 3. The molecule has 13 aromatic rings. The summed E-state index contributed by atoms with van der Waals surface area (Å²) in [6.45, 7) is 0. The second-order valence-electron chi connectivity index (χ2n) is 17.2. The molecule has 0 spiro atoms. The van der Waals surface area contributed by atoms with Crippen molar-refractivity contribution in [1.29, 1.82) is 0 Å². The van der Waals surface area contributed by atoms with Crippen molar-refractivity contribution in [3.05, 3.63) is 243 Å². The van der Waals surface area contributed by atoms with E-state index in [-0.39, 0.29) is 0 Å². The first kappa shape index (κ1) is 38.5. The second-order valence-corrected chi connectivity index (χ2v) is 17.2. The van der Waals surface area contributed by atoms with E-state index in [1.54, 1.807) is 0 Å². The molecule has 0 saturated carbocycles. The van der Waals surface area contributed by atoms with Gasteiger partial charge in [0.05, 0.1) is 11.0 Å². The highest BCUT2D eigenvalue weighted by atomic mass is 15.0. The summed E-state index contributed by atoms with van der Waals surface area (Å²) in [5.74, 6) is 1.86. The lowest BCUT2D eigenvalue weighted by Gasteiger charge is -2.14. The van der Waals surface area contributed by atoms with E-state index in [0.29, 0.717) is 17.5 Å². The lowest BCUT2D eigenvalue weighted by Crippen LogP contribution is -2.00. The highest BCUT2D eigenvalue weighted by Crippen LogP contribution is 2.41. The van der Waals surface area contributed by atoms with Gasteiger partial charge in [0.25, 0.3) is 0 Å². The third-order valence-electron chi connectivity index (χ3n) is 13.3. The summed E-state index contributed by atoms with van der Waals surface area (Å²) >= 11 is 0. The summed E-state index contributed by atoms with van der Waals surface area (Å²) in [6.07, 6.45) is 0. The predicted octanol–water partition coefficient (Wildman–Crippen LogP) is 16.4. The lowest BCUT2D eigenvalue weighted by atomic mass is 9.89. The van der Waals surface area contributed by atoms with Crippen LogP contribution in [0.15, 0.2) is 243 Å². The minimum atomic E-state index is 0.620. The zero-order chi connectivity index (χ0) is 44.3. The molecule has 0 bridgehead atoms. The van der Waals surface area contributed by atoms with E-state index in [9.17, 15) is 0 Å². The monoisotopic (exact) mass is 852 g/mol. The molecule has 2 heterocycles. The maximum absolute atomic E-state index is 5.19. The van der Waals surface area contributed by atoms with E-state index in [2.05, 4.69) is 241 Å². The smallest absolute Gasteiger partial charge is 0.164 e. The Labute approximate surface area is 387 Å². The molecule has 2 aromatic heterocycles. The molecule has 4 heteroatoms. The van der Waals surface area contributed by atoms with Crippen molar-refractivity contribution in [3.8, 4) is 73.2 Å². The number of rotatable bonds is 7. The third kappa shape index (κ3) is 6.74. The molecular weight excluding hydrogens is 813 g/mol. The Morgan fingerprint density at radius 3 is 1.34 bits per heavy atom. The summed E-state index contributed by atoms with van der Waals surface area (Å²) in [7, 11) is 0. The topological polar surface area (TPSA) is 43.6 Å². The van der Waals surface area contributed by atoms with Gasteiger partial charge in [-0.05, 0) is 96.0 Å². The van der Waals surface area contributed by atoms with E-state index in [1.807, 2.05) is 6.07 Å². The summed E-state index contributed by atoms with van der Waals surface area (Å²) in [4.78, 5) is 15.5. The van der Waals surface area contributed by atoms with Crippen LogP contribution in [0.3, 0.4) is 0 Å². The van der Waals surface area contributed by atoms with Gasteiger partial charge in [-0.1, -0.05) is 212 Å². The SMILES string of the molecule is c1ccc(-c2ccc(-c3nc(-c4ccc(-c5ccc6c7ccccc7n(-c7ccccc7)c6c5)cc4)nc(-c4ccc(-c5c6ccccc6cc6c5ccc5ccccc56)cc4)n3)cc2)cc1. The van der Waals surface area contributed by atoms with E-state index < -0.39 is 0 Å². The van der Waals surface area contributed by atoms with E-state index in [0.717, 1.165) is 44.6 Å². The standard InChI is InChI=1S/C63H40N4/c1-3-13-41(14-4-1)42-23-29-46(30-24-42)61-64-62(47-31-25-43(26-32-47)49-36-37-55-54-21-11-12-22-58(54)67(59(55)40-49)51-17-5-2-6-18-51)66-63(65-61)48-33-27-45(28-34-48)60-53-20-10-8-16-50(53)39-57-52-19-9-7-15-44(52)35-38-56(57)60/h1-40H. The minimum Gasteiger partial charge on any atom is -0.309 e. The van der Waals surface area contributed by atoms with Crippen LogP contribution in [0.1, 0.15) is 0 Å².